The molecule has 0 bridgehead atoms. The van der Waals surface area contributed by atoms with Gasteiger partial charge in [-0.05, 0) is 79.5 Å². The lowest BCUT2D eigenvalue weighted by atomic mass is 10.0. The van der Waals surface area contributed by atoms with Gasteiger partial charge < -0.3 is 4.74 Å². The molecule has 1 heterocycles. The van der Waals surface area contributed by atoms with Crippen molar-refractivity contribution in [3.05, 3.63) is 64.2 Å². The van der Waals surface area contributed by atoms with Crippen molar-refractivity contribution in [3.63, 3.8) is 0 Å². The van der Waals surface area contributed by atoms with E-state index >= 15 is 0 Å². The lowest BCUT2D eigenvalue weighted by molar-refractivity contribution is -0.122. The van der Waals surface area contributed by atoms with Gasteiger partial charge in [0.05, 0.1) is 12.8 Å². The minimum absolute atomic E-state index is 0.0396. The van der Waals surface area contributed by atoms with Gasteiger partial charge in [0.2, 0.25) is 0 Å². The fourth-order valence-corrected chi connectivity index (χ4v) is 3.22. The molecule has 0 saturated carbocycles. The predicted octanol–water partition coefficient (Wildman–Crippen LogP) is 3.45. The maximum atomic E-state index is 13.1. The average molecular weight is 380 g/mol. The number of amides is 2. The topological polar surface area (TPSA) is 58.6 Å². The molecule has 1 aliphatic rings. The molecule has 1 fully saturated rings. The molecule has 1 N–H and O–H groups in total. The molecule has 0 radical (unpaired) electrons. The first-order chi connectivity index (χ1) is 12.8. The highest BCUT2D eigenvalue weighted by Gasteiger charge is 2.35. The number of hydrogen-bond donors (Lipinski definition) is 1. The van der Waals surface area contributed by atoms with Crippen LogP contribution in [-0.4, -0.2) is 24.0 Å². The number of nitrogens with zero attached hydrogens (tertiary/aromatic N) is 1. The van der Waals surface area contributed by atoms with Crippen LogP contribution in [0.5, 0.6) is 5.75 Å². The lowest BCUT2D eigenvalue weighted by Crippen LogP contribution is -2.54. The molecule has 1 aliphatic heterocycles. The van der Waals surface area contributed by atoms with Crippen molar-refractivity contribution in [2.24, 2.45) is 0 Å². The predicted molar refractivity (Wildman–Crippen MR) is 110 cm³/mol. The highest BCUT2D eigenvalue weighted by atomic mass is 32.1. The normalized spacial score (nSPS) is 15.9. The van der Waals surface area contributed by atoms with Crippen molar-refractivity contribution in [2.75, 3.05) is 12.0 Å². The fourth-order valence-electron chi connectivity index (χ4n) is 2.95. The maximum absolute atomic E-state index is 13.1. The fraction of sp³-hybridized carbons (Fsp3) is 0.190. The third-order valence-corrected chi connectivity index (χ3v) is 4.98. The third kappa shape index (κ3) is 3.48. The molecular formula is C21H20N2O3S. The summed E-state index contributed by atoms with van der Waals surface area (Å²) < 4.78 is 5.20. The van der Waals surface area contributed by atoms with Crippen LogP contribution in [0.3, 0.4) is 0 Å². The molecular weight excluding hydrogens is 360 g/mol. The van der Waals surface area contributed by atoms with Gasteiger partial charge in [0, 0.05) is 0 Å². The Labute approximate surface area is 163 Å². The van der Waals surface area contributed by atoms with Crippen LogP contribution in [0.2, 0.25) is 0 Å². The Morgan fingerprint density at radius 1 is 1.07 bits per heavy atom. The first kappa shape index (κ1) is 18.8. The van der Waals surface area contributed by atoms with Crippen LogP contribution in [0.25, 0.3) is 6.08 Å². The van der Waals surface area contributed by atoms with Gasteiger partial charge in [-0.15, -0.1) is 0 Å². The van der Waals surface area contributed by atoms with E-state index in [2.05, 4.69) is 5.32 Å². The summed E-state index contributed by atoms with van der Waals surface area (Å²) in [4.78, 5) is 27.0. The van der Waals surface area contributed by atoms with E-state index in [1.165, 1.54) is 4.90 Å². The Bertz CT molecular complexity index is 995. The molecule has 27 heavy (non-hydrogen) atoms. The minimum atomic E-state index is -0.498. The number of aryl methyl sites for hydroxylation is 2. The summed E-state index contributed by atoms with van der Waals surface area (Å²) in [5.41, 5.74) is 4.35. The summed E-state index contributed by atoms with van der Waals surface area (Å²) in [6, 6.07) is 11.1. The standard InChI is InChI=1S/C21H20N2O3S/c1-12-6-5-7-18(14(12)3)23-20(25)17(19(24)22-21(23)27)11-15-8-9-16(26-4)10-13(15)2/h5-11H,1-4H3,(H,22,24,27)/b17-11+. The van der Waals surface area contributed by atoms with Crippen molar-refractivity contribution >= 4 is 40.9 Å². The summed E-state index contributed by atoms with van der Waals surface area (Å²) in [6.07, 6.45) is 1.59. The van der Waals surface area contributed by atoms with E-state index in [1.54, 1.807) is 19.3 Å². The van der Waals surface area contributed by atoms with Gasteiger partial charge in [-0.1, -0.05) is 18.2 Å². The van der Waals surface area contributed by atoms with Crippen LogP contribution in [0.15, 0.2) is 42.0 Å². The summed E-state index contributed by atoms with van der Waals surface area (Å²) in [6.45, 7) is 5.79. The number of nitrogens with one attached hydrogen (secondary N) is 1. The Morgan fingerprint density at radius 2 is 1.81 bits per heavy atom. The van der Waals surface area contributed by atoms with Crippen LogP contribution in [-0.2, 0) is 9.59 Å². The summed E-state index contributed by atoms with van der Waals surface area (Å²) in [5, 5.41) is 2.71. The second-order valence-electron chi connectivity index (χ2n) is 6.40. The summed E-state index contributed by atoms with van der Waals surface area (Å²) in [7, 11) is 1.59. The van der Waals surface area contributed by atoms with Gasteiger partial charge in [-0.2, -0.15) is 0 Å². The van der Waals surface area contributed by atoms with E-state index in [-0.39, 0.29) is 10.7 Å². The van der Waals surface area contributed by atoms with Crippen molar-refractivity contribution in [2.45, 2.75) is 20.8 Å². The number of anilines is 1. The van der Waals surface area contributed by atoms with Crippen LogP contribution in [0.1, 0.15) is 22.3 Å². The van der Waals surface area contributed by atoms with Crippen LogP contribution < -0.4 is 15.0 Å². The Hall–Kier alpha value is -2.99. The number of rotatable bonds is 3. The second-order valence-corrected chi connectivity index (χ2v) is 6.79. The van der Waals surface area contributed by atoms with E-state index in [0.29, 0.717) is 11.4 Å². The first-order valence-electron chi connectivity index (χ1n) is 8.45. The van der Waals surface area contributed by atoms with Gasteiger partial charge in [0.15, 0.2) is 5.11 Å². The molecule has 0 atom stereocenters. The van der Waals surface area contributed by atoms with Crippen LogP contribution in [0, 0.1) is 20.8 Å². The van der Waals surface area contributed by atoms with Crippen LogP contribution >= 0.6 is 12.2 Å². The number of carbonyl (C=O) groups is 2. The Morgan fingerprint density at radius 3 is 2.48 bits per heavy atom. The molecule has 0 spiro atoms. The number of hydrogen-bond acceptors (Lipinski definition) is 4. The maximum Gasteiger partial charge on any atom is 0.270 e. The summed E-state index contributed by atoms with van der Waals surface area (Å²) in [5.74, 6) is -0.221. The molecule has 3 rings (SSSR count). The largest absolute Gasteiger partial charge is 0.497 e. The monoisotopic (exact) mass is 380 g/mol. The summed E-state index contributed by atoms with van der Waals surface area (Å²) >= 11 is 5.27. The SMILES string of the molecule is COc1ccc(/C=C2\C(=O)NC(=S)N(c3cccc(C)c3C)C2=O)c(C)c1. The molecule has 2 amide bonds. The van der Waals surface area contributed by atoms with Gasteiger partial charge >= 0.3 is 0 Å². The number of ether oxygens (including phenoxy) is 1. The zero-order chi connectivity index (χ0) is 19.7. The quantitative estimate of drug-likeness (QED) is 0.503. The van der Waals surface area contributed by atoms with Crippen molar-refractivity contribution in [1.82, 2.24) is 5.32 Å². The highest BCUT2D eigenvalue weighted by Crippen LogP contribution is 2.28. The molecule has 0 unspecified atom stereocenters. The number of methoxy groups -OCH3 is 1. The smallest absolute Gasteiger partial charge is 0.270 e. The van der Waals surface area contributed by atoms with Gasteiger partial charge in [-0.3, -0.25) is 19.8 Å². The van der Waals surface area contributed by atoms with Gasteiger partial charge in [-0.25, -0.2) is 0 Å². The molecule has 0 aromatic heterocycles. The molecule has 138 valence electrons. The van der Waals surface area contributed by atoms with Crippen molar-refractivity contribution in [1.29, 1.82) is 0 Å². The van der Waals surface area contributed by atoms with E-state index in [1.807, 2.05) is 51.1 Å². The highest BCUT2D eigenvalue weighted by molar-refractivity contribution is 7.80. The molecule has 2 aromatic carbocycles. The minimum Gasteiger partial charge on any atom is -0.497 e. The van der Waals surface area contributed by atoms with E-state index in [0.717, 1.165) is 22.3 Å². The number of carbonyl (C=O) groups excluding carboxylic acids is 2. The van der Waals surface area contributed by atoms with E-state index in [4.69, 9.17) is 17.0 Å². The van der Waals surface area contributed by atoms with Gasteiger partial charge in [0.1, 0.15) is 11.3 Å². The Kier molecular flexibility index (Phi) is 5.10. The van der Waals surface area contributed by atoms with E-state index in [9.17, 15) is 9.59 Å². The molecule has 0 aliphatic carbocycles. The lowest BCUT2D eigenvalue weighted by Gasteiger charge is -2.30. The van der Waals surface area contributed by atoms with Crippen molar-refractivity contribution in [3.8, 4) is 5.75 Å². The second kappa shape index (κ2) is 7.32. The number of benzene rings is 2. The zero-order valence-electron chi connectivity index (χ0n) is 15.6. The molecule has 5 nitrogen and oxygen atoms in total. The van der Waals surface area contributed by atoms with Crippen molar-refractivity contribution < 1.29 is 14.3 Å². The third-order valence-electron chi connectivity index (χ3n) is 4.70. The van der Waals surface area contributed by atoms with Gasteiger partial charge in [0.25, 0.3) is 11.8 Å². The van der Waals surface area contributed by atoms with Crippen LogP contribution in [0.4, 0.5) is 5.69 Å². The number of thiocarbonyl (C=S) groups is 1. The zero-order valence-corrected chi connectivity index (χ0v) is 16.4. The average Bonchev–Trinajstić information content (AvgIpc) is 2.63. The van der Waals surface area contributed by atoms with E-state index < -0.39 is 11.8 Å². The molecule has 6 heteroatoms. The first-order valence-corrected chi connectivity index (χ1v) is 8.86. The molecule has 1 saturated heterocycles. The Balaban J connectivity index is 2.06. The molecule has 2 aromatic rings.